The summed E-state index contributed by atoms with van der Waals surface area (Å²) in [6.45, 7) is 6.27. The van der Waals surface area contributed by atoms with E-state index < -0.39 is 5.41 Å². The normalized spacial score (nSPS) is 22.1. The summed E-state index contributed by atoms with van der Waals surface area (Å²) >= 11 is 9.96. The van der Waals surface area contributed by atoms with Gasteiger partial charge in [0.1, 0.15) is 5.41 Å². The number of anilines is 3. The highest BCUT2D eigenvalue weighted by molar-refractivity contribution is 9.10. The first kappa shape index (κ1) is 25.9. The molecule has 200 valence electrons. The molecule has 39 heavy (non-hydrogen) atoms. The summed E-state index contributed by atoms with van der Waals surface area (Å²) in [5, 5.41) is 7.03. The van der Waals surface area contributed by atoms with Crippen LogP contribution in [0.3, 0.4) is 0 Å². The number of piperazine rings is 1. The largest absolute Gasteiger partial charge is 0.462 e. The molecule has 3 aromatic rings. The topological polar surface area (TPSA) is 65.5 Å². The molecule has 7 nitrogen and oxygen atoms in total. The lowest BCUT2D eigenvalue weighted by Crippen LogP contribution is -2.67. The summed E-state index contributed by atoms with van der Waals surface area (Å²) < 4.78 is 6.09. The summed E-state index contributed by atoms with van der Waals surface area (Å²) in [5.41, 5.74) is 4.34. The van der Waals surface area contributed by atoms with Crippen LogP contribution in [0.15, 0.2) is 76.3 Å². The standard InChI is InChI=1S/C30H28BrClN4O3/c1-3-39-28(37)20-7-10-24(11-8-20)36-29(38)30(19(2)33-36)17-21-15-22(31)9-12-26(21)35-14-13-34(18-27(30)35)25-6-4-5-23(32)16-25/h4-12,15-16,27H,3,13-14,17-18H2,1-2H3/t27-,30-/m1/s1. The number of rotatable bonds is 4. The second-order valence-corrected chi connectivity index (χ2v) is 11.5. The van der Waals surface area contributed by atoms with Crippen molar-refractivity contribution in [2.75, 3.05) is 41.0 Å². The molecule has 0 saturated carbocycles. The van der Waals surface area contributed by atoms with E-state index in [1.165, 1.54) is 5.01 Å². The molecule has 3 aliphatic rings. The van der Waals surface area contributed by atoms with Crippen molar-refractivity contribution < 1.29 is 14.3 Å². The van der Waals surface area contributed by atoms with Crippen LogP contribution >= 0.6 is 27.5 Å². The third-order valence-corrected chi connectivity index (χ3v) is 8.76. The molecule has 0 aromatic heterocycles. The molecule has 0 N–H and O–H groups in total. The zero-order valence-electron chi connectivity index (χ0n) is 21.7. The molecule has 9 heteroatoms. The Balaban J connectivity index is 1.39. The van der Waals surface area contributed by atoms with E-state index in [9.17, 15) is 9.59 Å². The number of halogens is 2. The first-order valence-electron chi connectivity index (χ1n) is 13.0. The summed E-state index contributed by atoms with van der Waals surface area (Å²) in [6, 6.07) is 20.9. The molecule has 3 aliphatic heterocycles. The fourth-order valence-electron chi connectivity index (χ4n) is 6.14. The minimum absolute atomic E-state index is 0.0579. The smallest absolute Gasteiger partial charge is 0.338 e. The van der Waals surface area contributed by atoms with E-state index in [4.69, 9.17) is 21.4 Å². The molecule has 2 atom stereocenters. The molecule has 1 spiro atoms. The predicted molar refractivity (Wildman–Crippen MR) is 158 cm³/mol. The molecule has 3 heterocycles. The van der Waals surface area contributed by atoms with Crippen molar-refractivity contribution in [1.82, 2.24) is 0 Å². The summed E-state index contributed by atoms with van der Waals surface area (Å²) in [7, 11) is 0. The molecular formula is C30H28BrClN4O3. The number of esters is 1. The van der Waals surface area contributed by atoms with Gasteiger partial charge in [0.2, 0.25) is 0 Å². The number of carbonyl (C=O) groups is 2. The average Bonchev–Trinajstić information content (AvgIpc) is 3.18. The first-order valence-corrected chi connectivity index (χ1v) is 14.2. The van der Waals surface area contributed by atoms with E-state index in [-0.39, 0.29) is 17.9 Å². The number of amides is 1. The van der Waals surface area contributed by atoms with Crippen molar-refractivity contribution in [2.24, 2.45) is 10.5 Å². The van der Waals surface area contributed by atoms with Gasteiger partial charge in [0, 0.05) is 40.5 Å². The Labute approximate surface area is 241 Å². The molecule has 6 rings (SSSR count). The minimum Gasteiger partial charge on any atom is -0.462 e. The van der Waals surface area contributed by atoms with Crippen LogP contribution in [0.1, 0.15) is 29.8 Å². The molecular weight excluding hydrogens is 580 g/mol. The second kappa shape index (κ2) is 9.99. The van der Waals surface area contributed by atoms with Gasteiger partial charge >= 0.3 is 5.97 Å². The Morgan fingerprint density at radius 3 is 2.64 bits per heavy atom. The number of nitrogens with zero attached hydrogens (tertiary/aromatic N) is 4. The van der Waals surface area contributed by atoms with E-state index in [1.54, 1.807) is 31.2 Å². The Morgan fingerprint density at radius 2 is 1.90 bits per heavy atom. The quantitative estimate of drug-likeness (QED) is 0.344. The first-order chi connectivity index (χ1) is 18.8. The van der Waals surface area contributed by atoms with Crippen LogP contribution in [0.5, 0.6) is 0 Å². The van der Waals surface area contributed by atoms with Crippen LogP contribution in [0.25, 0.3) is 0 Å². The van der Waals surface area contributed by atoms with Gasteiger partial charge in [0.15, 0.2) is 0 Å². The average molecular weight is 608 g/mol. The third-order valence-electron chi connectivity index (χ3n) is 8.04. The Hall–Kier alpha value is -3.36. The number of carbonyl (C=O) groups excluding carboxylic acids is 2. The fourth-order valence-corrected chi connectivity index (χ4v) is 6.73. The molecule has 0 bridgehead atoms. The van der Waals surface area contributed by atoms with Crippen LogP contribution in [0.4, 0.5) is 17.1 Å². The van der Waals surface area contributed by atoms with Crippen LogP contribution in [-0.2, 0) is 16.0 Å². The molecule has 1 amide bonds. The zero-order valence-corrected chi connectivity index (χ0v) is 24.1. The molecule has 0 radical (unpaired) electrons. The molecule has 0 aliphatic carbocycles. The third kappa shape index (κ3) is 4.30. The van der Waals surface area contributed by atoms with Crippen molar-refractivity contribution in [3.05, 3.63) is 87.4 Å². The van der Waals surface area contributed by atoms with E-state index in [2.05, 4.69) is 50.0 Å². The summed E-state index contributed by atoms with van der Waals surface area (Å²) in [5.74, 6) is -0.446. The van der Waals surface area contributed by atoms with Gasteiger partial charge in [-0.05, 0) is 86.5 Å². The molecule has 0 unspecified atom stereocenters. The Morgan fingerprint density at radius 1 is 1.10 bits per heavy atom. The number of benzene rings is 3. The van der Waals surface area contributed by atoms with E-state index in [1.807, 2.05) is 25.1 Å². The predicted octanol–water partition coefficient (Wildman–Crippen LogP) is 5.94. The number of hydrogen-bond acceptors (Lipinski definition) is 6. The van der Waals surface area contributed by atoms with E-state index in [0.29, 0.717) is 35.8 Å². The van der Waals surface area contributed by atoms with E-state index >= 15 is 0 Å². The van der Waals surface area contributed by atoms with Crippen molar-refractivity contribution in [1.29, 1.82) is 0 Å². The summed E-state index contributed by atoms with van der Waals surface area (Å²) in [6.07, 6.45) is 0.553. The number of hydrazone groups is 1. The van der Waals surface area contributed by atoms with Gasteiger partial charge in [-0.15, -0.1) is 0 Å². The van der Waals surface area contributed by atoms with Crippen LogP contribution < -0.4 is 14.8 Å². The summed E-state index contributed by atoms with van der Waals surface area (Å²) in [4.78, 5) is 31.4. The van der Waals surface area contributed by atoms with Gasteiger partial charge in [-0.25, -0.2) is 4.79 Å². The van der Waals surface area contributed by atoms with Crippen LogP contribution in [-0.4, -0.2) is 49.9 Å². The maximum Gasteiger partial charge on any atom is 0.338 e. The highest BCUT2D eigenvalue weighted by atomic mass is 79.9. The Bertz CT molecular complexity index is 1490. The Kier molecular flexibility index (Phi) is 6.63. The molecule has 1 fully saturated rings. The molecule has 3 aromatic carbocycles. The van der Waals surface area contributed by atoms with Gasteiger partial charge in [0.05, 0.1) is 29.6 Å². The fraction of sp³-hybridized carbons (Fsp3) is 0.300. The van der Waals surface area contributed by atoms with Gasteiger partial charge in [0.25, 0.3) is 5.91 Å². The van der Waals surface area contributed by atoms with Crippen molar-refractivity contribution in [3.63, 3.8) is 0 Å². The van der Waals surface area contributed by atoms with Gasteiger partial charge in [-0.1, -0.05) is 33.6 Å². The SMILES string of the molecule is CCOC(=O)c1ccc(N2N=C(C)[C@@]3(Cc4cc(Br)ccc4N4CCN(c5cccc(Cl)c5)C[C@@H]43)C2=O)cc1. The van der Waals surface area contributed by atoms with Crippen molar-refractivity contribution in [2.45, 2.75) is 26.3 Å². The van der Waals surface area contributed by atoms with Crippen LogP contribution in [0, 0.1) is 5.41 Å². The van der Waals surface area contributed by atoms with Gasteiger partial charge < -0.3 is 14.5 Å². The minimum atomic E-state index is -0.842. The lowest BCUT2D eigenvalue weighted by atomic mass is 9.67. The number of hydrogen-bond donors (Lipinski definition) is 0. The van der Waals surface area contributed by atoms with Crippen molar-refractivity contribution in [3.8, 4) is 0 Å². The van der Waals surface area contributed by atoms with E-state index in [0.717, 1.165) is 40.2 Å². The number of fused-ring (bicyclic) bond motifs is 4. The lowest BCUT2D eigenvalue weighted by molar-refractivity contribution is -0.125. The zero-order chi connectivity index (χ0) is 27.3. The van der Waals surface area contributed by atoms with Gasteiger partial charge in [-0.3, -0.25) is 4.79 Å². The van der Waals surface area contributed by atoms with Crippen LogP contribution in [0.2, 0.25) is 5.02 Å². The number of ether oxygens (including phenoxy) is 1. The van der Waals surface area contributed by atoms with Gasteiger partial charge in [-0.2, -0.15) is 10.1 Å². The highest BCUT2D eigenvalue weighted by Crippen LogP contribution is 2.49. The maximum absolute atomic E-state index is 14.5. The maximum atomic E-state index is 14.5. The monoisotopic (exact) mass is 606 g/mol. The lowest BCUT2D eigenvalue weighted by Gasteiger charge is -2.53. The van der Waals surface area contributed by atoms with Crippen molar-refractivity contribution >= 4 is 62.2 Å². The molecule has 1 saturated heterocycles. The second-order valence-electron chi connectivity index (χ2n) is 10.1. The highest BCUT2D eigenvalue weighted by Gasteiger charge is 2.60.